The van der Waals surface area contributed by atoms with Gasteiger partial charge in [-0.1, -0.05) is 12.1 Å². The molecule has 0 spiro atoms. The molecule has 0 bridgehead atoms. The Hall–Kier alpha value is -3.72. The van der Waals surface area contributed by atoms with Crippen molar-refractivity contribution < 1.29 is 22.3 Å². The number of benzene rings is 1. The van der Waals surface area contributed by atoms with Crippen LogP contribution in [0.4, 0.5) is 20.5 Å². The lowest BCUT2D eigenvalue weighted by molar-refractivity contribution is 0.0987. The Morgan fingerprint density at radius 2 is 2.03 bits per heavy atom. The first kappa shape index (κ1) is 26.9. The summed E-state index contributed by atoms with van der Waals surface area (Å²) in [7, 11) is 0. The second kappa shape index (κ2) is 11.6. The van der Waals surface area contributed by atoms with Crippen molar-refractivity contribution in [3.05, 3.63) is 54.1 Å². The number of pyridine rings is 1. The average molecular weight is 557 g/mol. The van der Waals surface area contributed by atoms with Gasteiger partial charge in [0.1, 0.15) is 17.5 Å². The third-order valence-corrected chi connectivity index (χ3v) is 6.81. The van der Waals surface area contributed by atoms with Crippen LogP contribution in [0.2, 0.25) is 0 Å². The minimum absolute atomic E-state index is 0.00737. The van der Waals surface area contributed by atoms with Gasteiger partial charge in [-0.15, -0.1) is 0 Å². The second-order valence-electron chi connectivity index (χ2n) is 8.99. The zero-order valence-electron chi connectivity index (χ0n) is 20.9. The van der Waals surface area contributed by atoms with Gasteiger partial charge in [-0.3, -0.25) is 4.55 Å². The quantitative estimate of drug-likeness (QED) is 0.276. The van der Waals surface area contributed by atoms with E-state index in [4.69, 9.17) is 25.0 Å². The number of rotatable bonds is 8. The third kappa shape index (κ3) is 5.83. The molecule has 1 aliphatic rings. The van der Waals surface area contributed by atoms with Crippen molar-refractivity contribution in [3.8, 4) is 22.6 Å². The van der Waals surface area contributed by atoms with Gasteiger partial charge < -0.3 is 15.4 Å². The van der Waals surface area contributed by atoms with Gasteiger partial charge in [0.25, 0.3) is 0 Å². The minimum Gasteiger partial charge on any atom is -0.377 e. The van der Waals surface area contributed by atoms with Crippen molar-refractivity contribution in [2.24, 2.45) is 0 Å². The van der Waals surface area contributed by atoms with Gasteiger partial charge in [0.05, 0.1) is 36.0 Å². The monoisotopic (exact) mass is 556 g/mol. The summed E-state index contributed by atoms with van der Waals surface area (Å²) in [4.78, 5) is 24.3. The maximum absolute atomic E-state index is 15.5. The van der Waals surface area contributed by atoms with E-state index in [1.807, 2.05) is 6.92 Å². The van der Waals surface area contributed by atoms with E-state index < -0.39 is 23.3 Å². The predicted octanol–water partition coefficient (Wildman–Crippen LogP) is 3.22. The van der Waals surface area contributed by atoms with Crippen LogP contribution in [0.3, 0.4) is 0 Å². The molecule has 5 rings (SSSR count). The lowest BCUT2D eigenvalue weighted by Crippen LogP contribution is -2.44. The minimum atomic E-state index is -2.27. The Bertz CT molecular complexity index is 1510. The van der Waals surface area contributed by atoms with Crippen molar-refractivity contribution >= 4 is 34.1 Å². The summed E-state index contributed by atoms with van der Waals surface area (Å²) in [5.41, 5.74) is 7.44. The first-order valence-corrected chi connectivity index (χ1v) is 13.3. The Balaban J connectivity index is 1.58. The highest BCUT2D eigenvalue weighted by molar-refractivity contribution is 7.77. The van der Waals surface area contributed by atoms with Gasteiger partial charge in [-0.25, -0.2) is 42.6 Å². The van der Waals surface area contributed by atoms with Gasteiger partial charge in [0, 0.05) is 36.6 Å². The van der Waals surface area contributed by atoms with Gasteiger partial charge >= 0.3 is 0 Å². The topological polar surface area (TPSA) is 152 Å². The molecule has 0 aliphatic carbocycles. The molecule has 1 saturated heterocycles. The number of anilines is 2. The summed E-state index contributed by atoms with van der Waals surface area (Å²) in [6.07, 6.45) is 1.22. The second-order valence-corrected chi connectivity index (χ2v) is 9.78. The normalized spacial score (nSPS) is 17.3. The first-order chi connectivity index (χ1) is 18.8. The van der Waals surface area contributed by atoms with E-state index in [0.29, 0.717) is 48.0 Å². The highest BCUT2D eigenvalue weighted by Crippen LogP contribution is 2.34. The van der Waals surface area contributed by atoms with Crippen LogP contribution in [0.25, 0.3) is 33.7 Å². The largest absolute Gasteiger partial charge is 0.377 e. The van der Waals surface area contributed by atoms with Crippen molar-refractivity contribution in [1.82, 2.24) is 29.6 Å². The summed E-state index contributed by atoms with van der Waals surface area (Å²) in [6, 6.07) is 7.76. The number of fused-ring (bicyclic) bond motifs is 1. The van der Waals surface area contributed by atoms with Crippen LogP contribution in [-0.4, -0.2) is 66.0 Å². The van der Waals surface area contributed by atoms with Crippen molar-refractivity contribution in [1.29, 1.82) is 0 Å². The molecule has 0 amide bonds. The van der Waals surface area contributed by atoms with Crippen LogP contribution in [-0.2, 0) is 16.0 Å². The number of morpholine rings is 1. The van der Waals surface area contributed by atoms with E-state index in [-0.39, 0.29) is 41.8 Å². The summed E-state index contributed by atoms with van der Waals surface area (Å²) in [5.74, 6) is 0.316. The molecule has 3 atom stereocenters. The fraction of sp³-hybridized carbons (Fsp3) is 0.320. The standard InChI is InChI=1S/C25H26F2N8O3S/c1-14-13-38-10-9-35(14)24-22-20(33-23(34-24)15-11-29-25(28)30-12-15)6-5-19(32-22)17-4-2-3-16(21(17)27)18(26)7-8-31-39(36)37/h2-6,11-12,14,18,31H,7-10,13H2,1H3,(H,36,37)(H2,28,29,30). The number of hydrogen-bond donors (Lipinski definition) is 3. The molecule has 4 N–H and O–H groups in total. The van der Waals surface area contributed by atoms with E-state index in [2.05, 4.69) is 24.6 Å². The fourth-order valence-electron chi connectivity index (χ4n) is 4.39. The molecular weight excluding hydrogens is 530 g/mol. The fourth-order valence-corrected chi connectivity index (χ4v) is 4.68. The van der Waals surface area contributed by atoms with Crippen LogP contribution >= 0.6 is 0 Å². The van der Waals surface area contributed by atoms with Crippen LogP contribution < -0.4 is 15.4 Å². The molecule has 0 radical (unpaired) electrons. The van der Waals surface area contributed by atoms with Gasteiger partial charge in [-0.2, -0.15) is 0 Å². The summed E-state index contributed by atoms with van der Waals surface area (Å²) < 4.78 is 57.8. The van der Waals surface area contributed by atoms with Crippen LogP contribution in [0.1, 0.15) is 25.1 Å². The maximum Gasteiger partial charge on any atom is 0.231 e. The summed E-state index contributed by atoms with van der Waals surface area (Å²) in [5, 5.41) is 0. The zero-order chi connectivity index (χ0) is 27.5. The molecule has 14 heteroatoms. The Morgan fingerprint density at radius 1 is 1.23 bits per heavy atom. The highest BCUT2D eigenvalue weighted by Gasteiger charge is 2.25. The van der Waals surface area contributed by atoms with E-state index in [1.165, 1.54) is 12.1 Å². The van der Waals surface area contributed by atoms with E-state index in [1.54, 1.807) is 30.6 Å². The molecule has 3 unspecified atom stereocenters. The van der Waals surface area contributed by atoms with E-state index in [0.717, 1.165) is 0 Å². The number of halogens is 2. The van der Waals surface area contributed by atoms with E-state index in [9.17, 15) is 8.60 Å². The smallest absolute Gasteiger partial charge is 0.231 e. The Kier molecular flexibility index (Phi) is 7.97. The lowest BCUT2D eigenvalue weighted by atomic mass is 10.0. The molecule has 1 aliphatic heterocycles. The van der Waals surface area contributed by atoms with Crippen LogP contribution in [0.15, 0.2) is 42.7 Å². The lowest BCUT2D eigenvalue weighted by Gasteiger charge is -2.34. The molecule has 204 valence electrons. The Morgan fingerprint density at radius 3 is 2.77 bits per heavy atom. The molecule has 0 saturated carbocycles. The first-order valence-electron chi connectivity index (χ1n) is 12.2. The number of ether oxygens (including phenoxy) is 1. The van der Waals surface area contributed by atoms with Crippen molar-refractivity contribution in [2.45, 2.75) is 25.6 Å². The van der Waals surface area contributed by atoms with Crippen LogP contribution in [0.5, 0.6) is 0 Å². The number of alkyl halides is 1. The summed E-state index contributed by atoms with van der Waals surface area (Å²) >= 11 is -2.27. The molecule has 4 aromatic rings. The molecule has 39 heavy (non-hydrogen) atoms. The molecular formula is C25H26F2N8O3S. The van der Waals surface area contributed by atoms with Crippen molar-refractivity contribution in [3.63, 3.8) is 0 Å². The van der Waals surface area contributed by atoms with Gasteiger partial charge in [0.15, 0.2) is 11.6 Å². The number of hydrogen-bond acceptors (Lipinski definition) is 9. The molecule has 4 heterocycles. The number of nitrogen functional groups attached to an aromatic ring is 1. The third-order valence-electron chi connectivity index (χ3n) is 6.36. The maximum atomic E-state index is 15.5. The zero-order valence-corrected chi connectivity index (χ0v) is 21.7. The average Bonchev–Trinajstić information content (AvgIpc) is 2.93. The number of nitrogens with zero attached hydrogens (tertiary/aromatic N) is 6. The number of nitrogens with one attached hydrogen (secondary N) is 1. The molecule has 1 aromatic carbocycles. The molecule has 3 aromatic heterocycles. The predicted molar refractivity (Wildman–Crippen MR) is 143 cm³/mol. The summed E-state index contributed by atoms with van der Waals surface area (Å²) in [6.45, 7) is 3.48. The number of aromatic nitrogens is 5. The van der Waals surface area contributed by atoms with E-state index >= 15 is 4.39 Å². The van der Waals surface area contributed by atoms with Crippen LogP contribution in [0, 0.1) is 5.82 Å². The molecule has 1 fully saturated rings. The van der Waals surface area contributed by atoms with Gasteiger partial charge in [-0.05, 0) is 31.5 Å². The Labute approximate surface area is 225 Å². The van der Waals surface area contributed by atoms with Crippen molar-refractivity contribution in [2.75, 3.05) is 36.9 Å². The van der Waals surface area contributed by atoms with Gasteiger partial charge in [0.2, 0.25) is 17.2 Å². The highest BCUT2D eigenvalue weighted by atomic mass is 32.2. The number of nitrogens with two attached hydrogens (primary N) is 1. The SMILES string of the molecule is CC1COCCN1c1nc(-c2cnc(N)nc2)nc2ccc(-c3cccc(C(F)CCNS(=O)O)c3F)nc12. The molecule has 11 nitrogen and oxygen atoms in total.